The summed E-state index contributed by atoms with van der Waals surface area (Å²) in [5.41, 5.74) is -1.28. The minimum absolute atomic E-state index is 0.0436. The number of rotatable bonds is 9. The molecule has 2 aliphatic carbocycles. The normalized spacial score (nSPS) is 21.7. The number of alkyl halides is 7. The molecule has 256 valence electrons. The molecule has 6 nitrogen and oxygen atoms in total. The first-order valence-electron chi connectivity index (χ1n) is 14.9. The Balaban J connectivity index is 0.000000738. The number of carboxylic acid groups (broad SMARTS) is 2. The third kappa shape index (κ3) is 10.3. The second-order valence-electron chi connectivity index (χ2n) is 11.9. The first-order chi connectivity index (χ1) is 21.4. The molecule has 0 radical (unpaired) electrons. The van der Waals surface area contributed by atoms with Crippen molar-refractivity contribution in [3.8, 4) is 5.75 Å². The SMILES string of the molecule is COc1cccc(F)c1CN(CC1(F)CCCCC1)[C@@H]1CC[C@@H](CC(=O)O)C[C@H]1c1ccc(C(F)(F)F)cc1.O=C(O)C(F)(F)F. The van der Waals surface area contributed by atoms with Crippen molar-refractivity contribution in [2.45, 2.75) is 94.3 Å². The number of ether oxygens (including phenoxy) is 1. The number of carbonyl (C=O) groups is 2. The maximum absolute atomic E-state index is 16.2. The van der Waals surface area contributed by atoms with Crippen molar-refractivity contribution in [1.82, 2.24) is 4.90 Å². The monoisotopic (exact) mass is 667 g/mol. The minimum atomic E-state index is -5.08. The zero-order valence-corrected chi connectivity index (χ0v) is 25.1. The molecule has 0 unspecified atom stereocenters. The molecule has 0 saturated heterocycles. The van der Waals surface area contributed by atoms with Crippen LogP contribution < -0.4 is 4.74 Å². The van der Waals surface area contributed by atoms with Crippen LogP contribution in [-0.2, 0) is 22.3 Å². The molecule has 0 aliphatic heterocycles. The van der Waals surface area contributed by atoms with E-state index in [9.17, 15) is 36.2 Å². The summed E-state index contributed by atoms with van der Waals surface area (Å²) in [5, 5.41) is 16.5. The third-order valence-electron chi connectivity index (χ3n) is 8.66. The number of nitrogens with zero attached hydrogens (tertiary/aromatic N) is 1. The zero-order valence-electron chi connectivity index (χ0n) is 25.1. The molecule has 0 amide bonds. The first-order valence-corrected chi connectivity index (χ1v) is 14.9. The fourth-order valence-electron chi connectivity index (χ4n) is 6.47. The van der Waals surface area contributed by atoms with Gasteiger partial charge in [0, 0.05) is 31.1 Å². The number of aliphatic carboxylic acids is 2. The Morgan fingerprint density at radius 3 is 2.09 bits per heavy atom. The molecule has 4 rings (SSSR count). The maximum Gasteiger partial charge on any atom is 0.490 e. The van der Waals surface area contributed by atoms with Crippen LogP contribution in [0.3, 0.4) is 0 Å². The Bertz CT molecular complexity index is 1310. The minimum Gasteiger partial charge on any atom is -0.496 e. The Labute approximate surface area is 261 Å². The zero-order chi connectivity index (χ0) is 34.3. The number of carboxylic acids is 2. The number of methoxy groups -OCH3 is 1. The Kier molecular flexibility index (Phi) is 12.4. The Morgan fingerprint density at radius 2 is 1.57 bits per heavy atom. The number of halogens is 8. The van der Waals surface area contributed by atoms with Crippen molar-refractivity contribution >= 4 is 11.9 Å². The molecular formula is C32H37F8NO5. The molecule has 2 saturated carbocycles. The van der Waals surface area contributed by atoms with Gasteiger partial charge in [-0.1, -0.05) is 37.5 Å². The quantitative estimate of drug-likeness (QED) is 0.261. The first kappa shape index (κ1) is 37.0. The van der Waals surface area contributed by atoms with Gasteiger partial charge in [0.2, 0.25) is 0 Å². The molecule has 46 heavy (non-hydrogen) atoms. The maximum atomic E-state index is 16.2. The predicted octanol–water partition coefficient (Wildman–Crippen LogP) is 8.39. The predicted molar refractivity (Wildman–Crippen MR) is 152 cm³/mol. The van der Waals surface area contributed by atoms with Gasteiger partial charge in [-0.2, -0.15) is 26.3 Å². The lowest BCUT2D eigenvalue weighted by Gasteiger charge is -2.45. The van der Waals surface area contributed by atoms with Crippen molar-refractivity contribution in [2.24, 2.45) is 5.92 Å². The van der Waals surface area contributed by atoms with Gasteiger partial charge in [-0.25, -0.2) is 13.6 Å². The number of benzene rings is 2. The second kappa shape index (κ2) is 15.4. The van der Waals surface area contributed by atoms with Gasteiger partial charge in [0.1, 0.15) is 17.2 Å². The molecule has 0 aromatic heterocycles. The fourth-order valence-corrected chi connectivity index (χ4v) is 6.47. The van der Waals surface area contributed by atoms with E-state index in [0.717, 1.165) is 31.4 Å². The highest BCUT2D eigenvalue weighted by Gasteiger charge is 2.42. The van der Waals surface area contributed by atoms with Gasteiger partial charge in [-0.3, -0.25) is 9.69 Å². The molecule has 0 bridgehead atoms. The van der Waals surface area contributed by atoms with Gasteiger partial charge in [0.05, 0.1) is 12.7 Å². The summed E-state index contributed by atoms with van der Waals surface area (Å²) in [6.07, 6.45) is -4.78. The van der Waals surface area contributed by atoms with E-state index in [1.54, 1.807) is 12.1 Å². The lowest BCUT2D eigenvalue weighted by molar-refractivity contribution is -0.192. The van der Waals surface area contributed by atoms with Crippen LogP contribution in [0.5, 0.6) is 5.75 Å². The third-order valence-corrected chi connectivity index (χ3v) is 8.66. The summed E-state index contributed by atoms with van der Waals surface area (Å²) < 4.78 is 108. The van der Waals surface area contributed by atoms with Gasteiger partial charge in [-0.15, -0.1) is 0 Å². The van der Waals surface area contributed by atoms with Crippen LogP contribution in [0.15, 0.2) is 42.5 Å². The molecule has 2 N–H and O–H groups in total. The van der Waals surface area contributed by atoms with Crippen LogP contribution in [0.2, 0.25) is 0 Å². The highest BCUT2D eigenvalue weighted by Crippen LogP contribution is 2.44. The van der Waals surface area contributed by atoms with E-state index in [-0.39, 0.29) is 37.4 Å². The van der Waals surface area contributed by atoms with Crippen LogP contribution in [0.4, 0.5) is 35.1 Å². The summed E-state index contributed by atoms with van der Waals surface area (Å²) in [7, 11) is 1.45. The summed E-state index contributed by atoms with van der Waals surface area (Å²) >= 11 is 0. The van der Waals surface area contributed by atoms with Crippen LogP contribution >= 0.6 is 0 Å². The van der Waals surface area contributed by atoms with Crippen molar-refractivity contribution in [3.63, 3.8) is 0 Å². The van der Waals surface area contributed by atoms with E-state index in [0.29, 0.717) is 49.0 Å². The molecule has 0 spiro atoms. The van der Waals surface area contributed by atoms with Gasteiger partial charge in [-0.05, 0) is 73.8 Å². The average Bonchev–Trinajstić information content (AvgIpc) is 2.97. The Hall–Kier alpha value is -3.42. The van der Waals surface area contributed by atoms with E-state index < -0.39 is 41.3 Å². The van der Waals surface area contributed by atoms with Gasteiger partial charge in [0.15, 0.2) is 0 Å². The summed E-state index contributed by atoms with van der Waals surface area (Å²) in [5.74, 6) is -4.31. The second-order valence-corrected chi connectivity index (χ2v) is 11.9. The highest BCUT2D eigenvalue weighted by atomic mass is 19.4. The van der Waals surface area contributed by atoms with Gasteiger partial charge < -0.3 is 14.9 Å². The van der Waals surface area contributed by atoms with E-state index in [2.05, 4.69) is 0 Å². The Morgan fingerprint density at radius 1 is 0.957 bits per heavy atom. The number of hydrogen-bond acceptors (Lipinski definition) is 4. The lowest BCUT2D eigenvalue weighted by Crippen LogP contribution is -2.49. The largest absolute Gasteiger partial charge is 0.496 e. The lowest BCUT2D eigenvalue weighted by atomic mass is 9.72. The molecule has 0 heterocycles. The molecule has 2 aromatic carbocycles. The van der Waals surface area contributed by atoms with E-state index in [1.165, 1.54) is 25.3 Å². The summed E-state index contributed by atoms with van der Waals surface area (Å²) in [6, 6.07) is 9.17. The van der Waals surface area contributed by atoms with E-state index in [1.807, 2.05) is 4.90 Å². The van der Waals surface area contributed by atoms with Crippen molar-refractivity contribution in [3.05, 3.63) is 65.0 Å². The average molecular weight is 668 g/mol. The standard InChI is InChI=1S/C30H36F5NO3.C2HF3O2/c1-39-27-7-5-6-25(31)24(27)18-36(19-29(32)14-3-2-4-15-29)26-13-8-20(17-28(37)38)16-23(26)21-9-11-22(12-10-21)30(33,34)35;3-2(4,5)1(6)7/h5-7,9-12,20,23,26H,2-4,8,13-19H2,1H3,(H,37,38);(H,6,7)/t20-,23+,26-;/m1./s1. The van der Waals surface area contributed by atoms with E-state index in [4.69, 9.17) is 14.6 Å². The van der Waals surface area contributed by atoms with Crippen molar-refractivity contribution in [2.75, 3.05) is 13.7 Å². The van der Waals surface area contributed by atoms with Gasteiger partial charge in [0.25, 0.3) is 0 Å². The molecule has 2 fully saturated rings. The molecule has 2 aromatic rings. The van der Waals surface area contributed by atoms with Crippen molar-refractivity contribution < 1.29 is 59.7 Å². The topological polar surface area (TPSA) is 87.1 Å². The molecule has 3 atom stereocenters. The van der Waals surface area contributed by atoms with Crippen LogP contribution in [0.1, 0.15) is 80.4 Å². The van der Waals surface area contributed by atoms with Crippen LogP contribution in [0, 0.1) is 11.7 Å². The summed E-state index contributed by atoms with van der Waals surface area (Å²) in [6.45, 7) is 0.142. The fraction of sp³-hybridized carbons (Fsp3) is 0.562. The molecular weight excluding hydrogens is 630 g/mol. The molecule has 14 heteroatoms. The van der Waals surface area contributed by atoms with Gasteiger partial charge >= 0.3 is 24.3 Å². The summed E-state index contributed by atoms with van der Waals surface area (Å²) in [4.78, 5) is 22.3. The van der Waals surface area contributed by atoms with Crippen LogP contribution in [-0.4, -0.2) is 58.6 Å². The van der Waals surface area contributed by atoms with Crippen molar-refractivity contribution in [1.29, 1.82) is 0 Å². The van der Waals surface area contributed by atoms with E-state index >= 15 is 8.78 Å². The van der Waals surface area contributed by atoms with Crippen LogP contribution in [0.25, 0.3) is 0 Å². The smallest absolute Gasteiger partial charge is 0.490 e. The number of hydrogen-bond donors (Lipinski definition) is 2. The molecule has 2 aliphatic rings. The highest BCUT2D eigenvalue weighted by molar-refractivity contribution is 5.73.